The van der Waals surface area contributed by atoms with E-state index in [4.69, 9.17) is 10.2 Å². The Hall–Kier alpha value is -1.60. The van der Waals surface area contributed by atoms with Crippen molar-refractivity contribution in [2.75, 3.05) is 11.9 Å². The van der Waals surface area contributed by atoms with Gasteiger partial charge in [-0.2, -0.15) is 0 Å². The van der Waals surface area contributed by atoms with Gasteiger partial charge >= 0.3 is 12.0 Å². The number of aliphatic hydroxyl groups is 1. The number of hydrogen-bond acceptors (Lipinski definition) is 3. The second-order valence-corrected chi connectivity index (χ2v) is 4.51. The number of nitrogens with one attached hydrogen (secondary N) is 2. The molecule has 0 heterocycles. The van der Waals surface area contributed by atoms with Crippen molar-refractivity contribution in [2.45, 2.75) is 13.0 Å². The summed E-state index contributed by atoms with van der Waals surface area (Å²) in [4.78, 5) is 22.2. The summed E-state index contributed by atoms with van der Waals surface area (Å²) >= 11 is 3.26. The normalized spacial score (nSPS) is 11.7. The molecule has 0 aliphatic carbocycles. The fourth-order valence-electron chi connectivity index (χ4n) is 1.24. The molecule has 98 valence electrons. The molecule has 2 amide bonds. The summed E-state index contributed by atoms with van der Waals surface area (Å²) in [7, 11) is 0. The number of amides is 2. The van der Waals surface area contributed by atoms with Crippen molar-refractivity contribution in [3.63, 3.8) is 0 Å². The first-order valence-electron chi connectivity index (χ1n) is 5.11. The number of carbonyl (C=O) groups excluding carboxylic acids is 1. The van der Waals surface area contributed by atoms with Crippen molar-refractivity contribution >= 4 is 33.6 Å². The van der Waals surface area contributed by atoms with Gasteiger partial charge in [0.15, 0.2) is 6.04 Å². The van der Waals surface area contributed by atoms with E-state index in [1.807, 2.05) is 13.0 Å². The SMILES string of the molecule is Cc1ccc(Br)c(NC(=O)NC(CO)C(=O)O)c1. The van der Waals surface area contributed by atoms with E-state index in [0.29, 0.717) is 10.2 Å². The van der Waals surface area contributed by atoms with E-state index in [1.165, 1.54) is 0 Å². The minimum absolute atomic E-state index is 0.523. The maximum atomic E-state index is 11.5. The number of aryl methyl sites for hydroxylation is 1. The molecule has 18 heavy (non-hydrogen) atoms. The van der Waals surface area contributed by atoms with E-state index in [1.54, 1.807) is 12.1 Å². The van der Waals surface area contributed by atoms with Crippen LogP contribution in [0.25, 0.3) is 0 Å². The van der Waals surface area contributed by atoms with Crippen LogP contribution in [0.3, 0.4) is 0 Å². The lowest BCUT2D eigenvalue weighted by atomic mass is 10.2. The van der Waals surface area contributed by atoms with Crippen LogP contribution in [0.4, 0.5) is 10.5 Å². The topological polar surface area (TPSA) is 98.7 Å². The fraction of sp³-hybridized carbons (Fsp3) is 0.273. The Morgan fingerprint density at radius 3 is 2.67 bits per heavy atom. The molecule has 0 spiro atoms. The number of aliphatic carboxylic acids is 1. The first kappa shape index (κ1) is 14.5. The van der Waals surface area contributed by atoms with Crippen molar-refractivity contribution in [2.24, 2.45) is 0 Å². The second kappa shape index (κ2) is 6.36. The molecule has 0 bridgehead atoms. The number of carboxylic acids is 1. The van der Waals surface area contributed by atoms with Gasteiger partial charge in [-0.05, 0) is 40.5 Å². The Balaban J connectivity index is 2.70. The number of benzene rings is 1. The van der Waals surface area contributed by atoms with E-state index in [2.05, 4.69) is 26.6 Å². The van der Waals surface area contributed by atoms with Crippen LogP contribution in [-0.2, 0) is 4.79 Å². The van der Waals surface area contributed by atoms with Crippen LogP contribution in [0.5, 0.6) is 0 Å². The molecule has 0 saturated heterocycles. The van der Waals surface area contributed by atoms with Gasteiger partial charge in [-0.3, -0.25) is 0 Å². The molecular weight excluding hydrogens is 304 g/mol. The molecule has 4 N–H and O–H groups in total. The Morgan fingerprint density at radius 2 is 2.11 bits per heavy atom. The van der Waals surface area contributed by atoms with Crippen LogP contribution in [-0.4, -0.2) is 34.9 Å². The number of anilines is 1. The number of aliphatic hydroxyl groups excluding tert-OH is 1. The lowest BCUT2D eigenvalue weighted by Crippen LogP contribution is -2.45. The molecule has 1 unspecified atom stereocenters. The highest BCUT2D eigenvalue weighted by Gasteiger charge is 2.18. The minimum Gasteiger partial charge on any atom is -0.480 e. The maximum Gasteiger partial charge on any atom is 0.328 e. The molecular formula is C11H13BrN2O4. The molecule has 0 saturated carbocycles. The summed E-state index contributed by atoms with van der Waals surface area (Å²) in [5.74, 6) is -1.30. The van der Waals surface area contributed by atoms with Gasteiger partial charge in [0.05, 0.1) is 12.3 Å². The monoisotopic (exact) mass is 316 g/mol. The summed E-state index contributed by atoms with van der Waals surface area (Å²) in [6.07, 6.45) is 0. The van der Waals surface area contributed by atoms with Crippen LogP contribution < -0.4 is 10.6 Å². The highest BCUT2D eigenvalue weighted by molar-refractivity contribution is 9.10. The van der Waals surface area contributed by atoms with Gasteiger partial charge in [0, 0.05) is 4.47 Å². The van der Waals surface area contributed by atoms with E-state index in [0.717, 1.165) is 5.56 Å². The summed E-state index contributed by atoms with van der Waals surface area (Å²) in [5.41, 5.74) is 1.47. The first-order chi connectivity index (χ1) is 8.43. The van der Waals surface area contributed by atoms with E-state index < -0.39 is 24.6 Å². The zero-order chi connectivity index (χ0) is 13.7. The Kier molecular flexibility index (Phi) is 5.11. The lowest BCUT2D eigenvalue weighted by Gasteiger charge is -2.13. The van der Waals surface area contributed by atoms with Crippen molar-refractivity contribution in [1.82, 2.24) is 5.32 Å². The fourth-order valence-corrected chi connectivity index (χ4v) is 1.58. The smallest absolute Gasteiger partial charge is 0.328 e. The molecule has 1 rings (SSSR count). The predicted octanol–water partition coefficient (Wildman–Crippen LogP) is 1.32. The summed E-state index contributed by atoms with van der Waals surface area (Å²) in [6.45, 7) is 1.20. The number of urea groups is 1. The van der Waals surface area contributed by atoms with Gasteiger partial charge in [-0.15, -0.1) is 0 Å². The third kappa shape index (κ3) is 4.01. The van der Waals surface area contributed by atoms with Gasteiger partial charge < -0.3 is 20.8 Å². The van der Waals surface area contributed by atoms with Crippen LogP contribution >= 0.6 is 15.9 Å². The summed E-state index contributed by atoms with van der Waals surface area (Å²) < 4.78 is 0.680. The molecule has 1 atom stereocenters. The third-order valence-corrected chi connectivity index (χ3v) is 2.85. The molecule has 0 fully saturated rings. The molecule has 6 nitrogen and oxygen atoms in total. The zero-order valence-corrected chi connectivity index (χ0v) is 11.2. The summed E-state index contributed by atoms with van der Waals surface area (Å²) in [6, 6.07) is 3.35. The molecule has 1 aromatic carbocycles. The van der Waals surface area contributed by atoms with Crippen molar-refractivity contribution in [1.29, 1.82) is 0 Å². The average Bonchev–Trinajstić information content (AvgIpc) is 2.30. The van der Waals surface area contributed by atoms with Crippen molar-refractivity contribution in [3.05, 3.63) is 28.2 Å². The number of rotatable bonds is 4. The van der Waals surface area contributed by atoms with Crippen LogP contribution in [0, 0.1) is 6.92 Å². The van der Waals surface area contributed by atoms with E-state index >= 15 is 0 Å². The Morgan fingerprint density at radius 1 is 1.44 bits per heavy atom. The predicted molar refractivity (Wildman–Crippen MR) is 69.5 cm³/mol. The molecule has 1 aromatic rings. The van der Waals surface area contributed by atoms with E-state index in [9.17, 15) is 9.59 Å². The molecule has 7 heteroatoms. The van der Waals surface area contributed by atoms with Crippen LogP contribution in [0.15, 0.2) is 22.7 Å². The third-order valence-electron chi connectivity index (χ3n) is 2.16. The zero-order valence-electron chi connectivity index (χ0n) is 9.61. The molecule has 0 radical (unpaired) electrons. The van der Waals surface area contributed by atoms with Crippen molar-refractivity contribution in [3.8, 4) is 0 Å². The molecule has 0 aliphatic heterocycles. The van der Waals surface area contributed by atoms with Gasteiger partial charge in [0.25, 0.3) is 0 Å². The standard InChI is InChI=1S/C11H13BrN2O4/c1-6-2-3-7(12)8(4-6)13-11(18)14-9(5-15)10(16)17/h2-4,9,15H,5H2,1H3,(H,16,17)(H2,13,14,18). The number of halogens is 1. The minimum atomic E-state index is -1.33. The molecule has 0 aromatic heterocycles. The Bertz CT molecular complexity index is 464. The number of carboxylic acid groups (broad SMARTS) is 1. The lowest BCUT2D eigenvalue weighted by molar-refractivity contribution is -0.140. The largest absolute Gasteiger partial charge is 0.480 e. The van der Waals surface area contributed by atoms with Crippen LogP contribution in [0.1, 0.15) is 5.56 Å². The van der Waals surface area contributed by atoms with Gasteiger partial charge in [-0.1, -0.05) is 6.07 Å². The Labute approximate surface area is 112 Å². The maximum absolute atomic E-state index is 11.5. The average molecular weight is 317 g/mol. The van der Waals surface area contributed by atoms with Gasteiger partial charge in [0.1, 0.15) is 0 Å². The van der Waals surface area contributed by atoms with Crippen LogP contribution in [0.2, 0.25) is 0 Å². The second-order valence-electron chi connectivity index (χ2n) is 3.66. The summed E-state index contributed by atoms with van der Waals surface area (Å²) in [5, 5.41) is 22.1. The van der Waals surface area contributed by atoms with Crippen molar-refractivity contribution < 1.29 is 19.8 Å². The van der Waals surface area contributed by atoms with Gasteiger partial charge in [-0.25, -0.2) is 9.59 Å². The van der Waals surface area contributed by atoms with E-state index in [-0.39, 0.29) is 0 Å². The highest BCUT2D eigenvalue weighted by atomic mass is 79.9. The number of hydrogen-bond donors (Lipinski definition) is 4. The number of carbonyl (C=O) groups is 2. The highest BCUT2D eigenvalue weighted by Crippen LogP contribution is 2.23. The van der Waals surface area contributed by atoms with Gasteiger partial charge in [0.2, 0.25) is 0 Å². The first-order valence-corrected chi connectivity index (χ1v) is 5.90. The quantitative estimate of drug-likeness (QED) is 0.673. The molecule has 0 aliphatic rings.